The maximum Gasteiger partial charge on any atom is 0.276 e. The molecule has 0 spiro atoms. The fourth-order valence-electron chi connectivity index (χ4n) is 4.73. The van der Waals surface area contributed by atoms with Crippen LogP contribution in [0.1, 0.15) is 44.5 Å². The number of fused-ring (bicyclic) bond motifs is 1. The van der Waals surface area contributed by atoms with Gasteiger partial charge in [-0.3, -0.25) is 9.48 Å². The molecule has 1 amide bonds. The van der Waals surface area contributed by atoms with Crippen molar-refractivity contribution in [2.45, 2.75) is 26.3 Å². The molecule has 4 aromatic rings. The Bertz CT molecular complexity index is 1430. The highest BCUT2D eigenvalue weighted by molar-refractivity contribution is 5.93. The lowest BCUT2D eigenvalue weighted by molar-refractivity contribution is 0.0712. The van der Waals surface area contributed by atoms with Gasteiger partial charge in [-0.25, -0.2) is 13.2 Å². The Kier molecular flexibility index (Phi) is 5.27. The van der Waals surface area contributed by atoms with E-state index in [0.29, 0.717) is 11.1 Å². The quantitative estimate of drug-likeness (QED) is 0.431. The summed E-state index contributed by atoms with van der Waals surface area (Å²) in [7, 11) is 1.82. The standard InChI is InChI=1S/C25H21F3N4O2/c1-13-23(14(2)31(3)29-13)18-12-32(11-15-5-4-6-19(27)24(15)18)25(33)21-10-22(34-30-21)17-8-7-16(26)9-20(17)28/h4-10,18H,11-12H2,1-3H3. The van der Waals surface area contributed by atoms with Crippen molar-refractivity contribution >= 4 is 5.91 Å². The molecule has 174 valence electrons. The fraction of sp³-hybridized carbons (Fsp3) is 0.240. The zero-order valence-corrected chi connectivity index (χ0v) is 18.8. The van der Waals surface area contributed by atoms with Crippen LogP contribution in [0.2, 0.25) is 0 Å². The summed E-state index contributed by atoms with van der Waals surface area (Å²) < 4.78 is 49.3. The summed E-state index contributed by atoms with van der Waals surface area (Å²) in [6.45, 7) is 4.18. The van der Waals surface area contributed by atoms with Crippen LogP contribution < -0.4 is 0 Å². The van der Waals surface area contributed by atoms with Crippen molar-refractivity contribution in [3.05, 3.63) is 93.7 Å². The van der Waals surface area contributed by atoms with E-state index in [2.05, 4.69) is 10.3 Å². The van der Waals surface area contributed by atoms with E-state index < -0.39 is 23.5 Å². The van der Waals surface area contributed by atoms with E-state index >= 15 is 0 Å². The molecule has 34 heavy (non-hydrogen) atoms. The molecule has 9 heteroatoms. The minimum atomic E-state index is -0.819. The number of carbonyl (C=O) groups is 1. The summed E-state index contributed by atoms with van der Waals surface area (Å²) in [4.78, 5) is 14.9. The summed E-state index contributed by atoms with van der Waals surface area (Å²) in [5, 5.41) is 8.29. The highest BCUT2D eigenvalue weighted by Gasteiger charge is 2.35. The van der Waals surface area contributed by atoms with Gasteiger partial charge in [0.2, 0.25) is 0 Å². The lowest BCUT2D eigenvalue weighted by Crippen LogP contribution is -2.39. The Morgan fingerprint density at radius 1 is 1.06 bits per heavy atom. The smallest absolute Gasteiger partial charge is 0.276 e. The van der Waals surface area contributed by atoms with Crippen LogP contribution in [0.25, 0.3) is 11.3 Å². The first-order valence-electron chi connectivity index (χ1n) is 10.7. The largest absolute Gasteiger partial charge is 0.355 e. The molecule has 6 nitrogen and oxygen atoms in total. The molecule has 1 aliphatic rings. The van der Waals surface area contributed by atoms with Gasteiger partial charge in [0, 0.05) is 55.0 Å². The Morgan fingerprint density at radius 2 is 1.85 bits per heavy atom. The van der Waals surface area contributed by atoms with Crippen molar-refractivity contribution in [1.82, 2.24) is 19.8 Å². The number of hydrogen-bond acceptors (Lipinski definition) is 4. The number of carbonyl (C=O) groups excluding carboxylic acids is 1. The van der Waals surface area contributed by atoms with Crippen LogP contribution in [0, 0.1) is 31.3 Å². The van der Waals surface area contributed by atoms with E-state index in [4.69, 9.17) is 4.52 Å². The maximum atomic E-state index is 15.0. The summed E-state index contributed by atoms with van der Waals surface area (Å²) in [5.41, 5.74) is 3.77. The van der Waals surface area contributed by atoms with E-state index in [-0.39, 0.29) is 35.9 Å². The third-order valence-electron chi connectivity index (χ3n) is 6.38. The first-order valence-corrected chi connectivity index (χ1v) is 10.7. The van der Waals surface area contributed by atoms with Crippen LogP contribution >= 0.6 is 0 Å². The van der Waals surface area contributed by atoms with Gasteiger partial charge >= 0.3 is 0 Å². The zero-order valence-electron chi connectivity index (χ0n) is 18.8. The molecule has 0 aliphatic carbocycles. The van der Waals surface area contributed by atoms with Crippen LogP contribution in [0.15, 0.2) is 47.0 Å². The van der Waals surface area contributed by atoms with Crippen molar-refractivity contribution in [1.29, 1.82) is 0 Å². The van der Waals surface area contributed by atoms with Crippen LogP contribution in [-0.2, 0) is 13.6 Å². The number of aromatic nitrogens is 3. The number of hydrogen-bond donors (Lipinski definition) is 0. The van der Waals surface area contributed by atoms with Crippen molar-refractivity contribution in [3.8, 4) is 11.3 Å². The van der Waals surface area contributed by atoms with Gasteiger partial charge in [-0.15, -0.1) is 0 Å². The third-order valence-corrected chi connectivity index (χ3v) is 6.38. The van der Waals surface area contributed by atoms with E-state index in [9.17, 15) is 18.0 Å². The molecule has 0 radical (unpaired) electrons. The summed E-state index contributed by atoms with van der Waals surface area (Å²) >= 11 is 0. The molecule has 0 saturated heterocycles. The lowest BCUT2D eigenvalue weighted by atomic mass is 9.83. The monoisotopic (exact) mass is 466 g/mol. The molecule has 0 saturated carbocycles. The minimum Gasteiger partial charge on any atom is -0.355 e. The van der Waals surface area contributed by atoms with Crippen molar-refractivity contribution in [2.75, 3.05) is 6.54 Å². The predicted molar refractivity (Wildman–Crippen MR) is 118 cm³/mol. The second-order valence-electron chi connectivity index (χ2n) is 8.46. The van der Waals surface area contributed by atoms with Gasteiger partial charge in [0.05, 0.1) is 11.3 Å². The molecule has 2 aromatic carbocycles. The van der Waals surface area contributed by atoms with E-state index in [1.807, 2.05) is 20.9 Å². The number of rotatable bonds is 3. The average molecular weight is 466 g/mol. The Labute approximate surface area is 193 Å². The molecule has 0 N–H and O–H groups in total. The molecular weight excluding hydrogens is 445 g/mol. The summed E-state index contributed by atoms with van der Waals surface area (Å²) in [6.07, 6.45) is 0. The highest BCUT2D eigenvalue weighted by Crippen LogP contribution is 2.38. The lowest BCUT2D eigenvalue weighted by Gasteiger charge is -2.35. The molecule has 0 fully saturated rings. The van der Waals surface area contributed by atoms with E-state index in [0.717, 1.165) is 29.1 Å². The number of aryl methyl sites for hydroxylation is 2. The Hall–Kier alpha value is -3.88. The normalized spacial score (nSPS) is 15.5. The van der Waals surface area contributed by atoms with Crippen molar-refractivity contribution < 1.29 is 22.5 Å². The first kappa shape index (κ1) is 21.9. The van der Waals surface area contributed by atoms with Crippen molar-refractivity contribution in [3.63, 3.8) is 0 Å². The van der Waals surface area contributed by atoms with Crippen LogP contribution in [-0.4, -0.2) is 32.3 Å². The molecular formula is C25H21F3N4O2. The minimum absolute atomic E-state index is 0.00139. The second-order valence-corrected chi connectivity index (χ2v) is 8.46. The van der Waals surface area contributed by atoms with Crippen molar-refractivity contribution in [2.24, 2.45) is 7.05 Å². The fourth-order valence-corrected chi connectivity index (χ4v) is 4.73. The molecule has 1 atom stereocenters. The highest BCUT2D eigenvalue weighted by atomic mass is 19.1. The van der Waals surface area contributed by atoms with Gasteiger partial charge in [-0.2, -0.15) is 5.10 Å². The Morgan fingerprint density at radius 3 is 2.56 bits per heavy atom. The molecule has 5 rings (SSSR count). The first-order chi connectivity index (χ1) is 16.2. The number of halogens is 3. The zero-order chi connectivity index (χ0) is 24.1. The van der Waals surface area contributed by atoms with Gasteiger partial charge < -0.3 is 9.42 Å². The SMILES string of the molecule is Cc1nn(C)c(C)c1C1CN(C(=O)c2cc(-c3ccc(F)cc3F)on2)Cc2cccc(F)c21. The van der Waals surface area contributed by atoms with Crippen LogP contribution in [0.4, 0.5) is 13.2 Å². The third kappa shape index (κ3) is 3.57. The average Bonchev–Trinajstić information content (AvgIpc) is 3.37. The second kappa shape index (κ2) is 8.16. The summed E-state index contributed by atoms with van der Waals surface area (Å²) in [6, 6.07) is 9.23. The molecule has 0 bridgehead atoms. The van der Waals surface area contributed by atoms with Gasteiger partial charge in [-0.1, -0.05) is 17.3 Å². The van der Waals surface area contributed by atoms with E-state index in [1.54, 1.807) is 21.7 Å². The summed E-state index contributed by atoms with van der Waals surface area (Å²) in [5.74, 6) is -2.70. The molecule has 2 aromatic heterocycles. The topological polar surface area (TPSA) is 64.2 Å². The molecule has 1 aliphatic heterocycles. The van der Waals surface area contributed by atoms with Crippen LogP contribution in [0.3, 0.4) is 0 Å². The maximum absolute atomic E-state index is 15.0. The molecule has 1 unspecified atom stereocenters. The van der Waals surface area contributed by atoms with Gasteiger partial charge in [0.1, 0.15) is 17.5 Å². The number of nitrogens with zero attached hydrogens (tertiary/aromatic N) is 4. The number of amides is 1. The van der Waals surface area contributed by atoms with Gasteiger partial charge in [-0.05, 0) is 37.6 Å². The van der Waals surface area contributed by atoms with Gasteiger partial charge in [0.25, 0.3) is 5.91 Å². The predicted octanol–water partition coefficient (Wildman–Crippen LogP) is 4.90. The van der Waals surface area contributed by atoms with Gasteiger partial charge in [0.15, 0.2) is 11.5 Å². The van der Waals surface area contributed by atoms with Crippen LogP contribution in [0.5, 0.6) is 0 Å². The Balaban J connectivity index is 1.52. The molecule has 3 heterocycles. The number of benzene rings is 2. The van der Waals surface area contributed by atoms with E-state index in [1.165, 1.54) is 18.2 Å².